The zero-order valence-corrected chi connectivity index (χ0v) is 12.0. The van der Waals surface area contributed by atoms with Crippen LogP contribution in [0.3, 0.4) is 0 Å². The molecule has 2 amide bonds. The lowest BCUT2D eigenvalue weighted by atomic mass is 10.2. The standard InChI is InChI=1S/C14H14N2O4S/c17-5-1-2-10-7-16(14(19)20-10)9-3-4-12-11(6-9)15-13(18)8-21-12/h3-6,10H,1-2,7-8H2,(H,15,18)/t10-/m0/s1. The summed E-state index contributed by atoms with van der Waals surface area (Å²) >= 11 is 1.47. The summed E-state index contributed by atoms with van der Waals surface area (Å²) in [5, 5.41) is 2.80. The molecule has 1 fully saturated rings. The van der Waals surface area contributed by atoms with Crippen molar-refractivity contribution in [2.75, 3.05) is 22.5 Å². The van der Waals surface area contributed by atoms with E-state index in [0.29, 0.717) is 30.8 Å². The number of carbonyl (C=O) groups is 3. The highest BCUT2D eigenvalue weighted by molar-refractivity contribution is 8.00. The molecule has 1 aromatic carbocycles. The van der Waals surface area contributed by atoms with E-state index in [9.17, 15) is 14.4 Å². The van der Waals surface area contributed by atoms with Crippen molar-refractivity contribution in [3.05, 3.63) is 18.2 Å². The second-order valence-corrected chi connectivity index (χ2v) is 5.89. The minimum absolute atomic E-state index is 0.0440. The lowest BCUT2D eigenvalue weighted by Gasteiger charge is -2.19. The largest absolute Gasteiger partial charge is 0.444 e. The molecular formula is C14H14N2O4S. The fourth-order valence-corrected chi connectivity index (χ4v) is 3.16. The van der Waals surface area contributed by atoms with Gasteiger partial charge in [-0.3, -0.25) is 9.69 Å². The van der Waals surface area contributed by atoms with Gasteiger partial charge in [0.1, 0.15) is 12.4 Å². The highest BCUT2D eigenvalue weighted by Crippen LogP contribution is 2.35. The van der Waals surface area contributed by atoms with Crippen molar-refractivity contribution in [2.24, 2.45) is 0 Å². The zero-order chi connectivity index (χ0) is 14.8. The highest BCUT2D eigenvalue weighted by Gasteiger charge is 2.32. The van der Waals surface area contributed by atoms with Crippen LogP contribution in [-0.2, 0) is 14.3 Å². The number of cyclic esters (lactones) is 1. The van der Waals surface area contributed by atoms with Crippen molar-refractivity contribution >= 4 is 41.4 Å². The third kappa shape index (κ3) is 2.87. The lowest BCUT2D eigenvalue weighted by Crippen LogP contribution is -2.25. The number of hydrogen-bond acceptors (Lipinski definition) is 5. The van der Waals surface area contributed by atoms with Gasteiger partial charge in [-0.15, -0.1) is 11.8 Å². The number of anilines is 2. The van der Waals surface area contributed by atoms with Gasteiger partial charge in [0, 0.05) is 17.0 Å². The number of aldehydes is 1. The highest BCUT2D eigenvalue weighted by atomic mass is 32.2. The van der Waals surface area contributed by atoms with E-state index < -0.39 is 6.09 Å². The van der Waals surface area contributed by atoms with E-state index in [1.807, 2.05) is 12.1 Å². The van der Waals surface area contributed by atoms with Gasteiger partial charge < -0.3 is 14.8 Å². The van der Waals surface area contributed by atoms with Gasteiger partial charge in [-0.25, -0.2) is 4.79 Å². The van der Waals surface area contributed by atoms with Gasteiger partial charge in [-0.2, -0.15) is 0 Å². The third-order valence-corrected chi connectivity index (χ3v) is 4.46. The molecule has 1 aromatic rings. The van der Waals surface area contributed by atoms with E-state index in [4.69, 9.17) is 4.74 Å². The van der Waals surface area contributed by atoms with Crippen LogP contribution in [-0.4, -0.2) is 36.7 Å². The summed E-state index contributed by atoms with van der Waals surface area (Å²) < 4.78 is 5.23. The van der Waals surface area contributed by atoms with E-state index in [1.54, 1.807) is 6.07 Å². The predicted molar refractivity (Wildman–Crippen MR) is 78.7 cm³/mol. The molecule has 0 aromatic heterocycles. The minimum Gasteiger partial charge on any atom is -0.444 e. The van der Waals surface area contributed by atoms with E-state index >= 15 is 0 Å². The maximum Gasteiger partial charge on any atom is 0.414 e. The van der Waals surface area contributed by atoms with Crippen molar-refractivity contribution in [1.29, 1.82) is 0 Å². The van der Waals surface area contributed by atoms with Crippen LogP contribution in [0.15, 0.2) is 23.1 Å². The number of nitrogens with zero attached hydrogens (tertiary/aromatic N) is 1. The Kier molecular flexibility index (Phi) is 3.83. The number of benzene rings is 1. The van der Waals surface area contributed by atoms with Crippen molar-refractivity contribution < 1.29 is 19.1 Å². The van der Waals surface area contributed by atoms with Crippen LogP contribution in [0.1, 0.15) is 12.8 Å². The van der Waals surface area contributed by atoms with Crippen LogP contribution in [0.2, 0.25) is 0 Å². The second kappa shape index (κ2) is 5.77. The topological polar surface area (TPSA) is 75.7 Å². The first-order chi connectivity index (χ1) is 10.2. The molecule has 21 heavy (non-hydrogen) atoms. The molecular weight excluding hydrogens is 292 g/mol. The molecule has 2 aliphatic heterocycles. The first-order valence-electron chi connectivity index (χ1n) is 6.66. The second-order valence-electron chi connectivity index (χ2n) is 4.88. The Balaban J connectivity index is 1.78. The first kappa shape index (κ1) is 13.9. The zero-order valence-electron chi connectivity index (χ0n) is 11.2. The average molecular weight is 306 g/mol. The number of ether oxygens (including phenoxy) is 1. The molecule has 1 saturated heterocycles. The molecule has 0 bridgehead atoms. The van der Waals surface area contributed by atoms with Gasteiger partial charge in [0.15, 0.2) is 0 Å². The van der Waals surface area contributed by atoms with Gasteiger partial charge in [-0.1, -0.05) is 0 Å². The fourth-order valence-electron chi connectivity index (χ4n) is 2.38. The van der Waals surface area contributed by atoms with Crippen molar-refractivity contribution in [3.63, 3.8) is 0 Å². The van der Waals surface area contributed by atoms with Crippen LogP contribution in [0, 0.1) is 0 Å². The number of rotatable bonds is 4. The molecule has 3 rings (SSSR count). The van der Waals surface area contributed by atoms with Gasteiger partial charge in [0.2, 0.25) is 5.91 Å². The lowest BCUT2D eigenvalue weighted by molar-refractivity contribution is -0.114. The maximum atomic E-state index is 11.9. The van der Waals surface area contributed by atoms with E-state index in [-0.39, 0.29) is 12.0 Å². The van der Waals surface area contributed by atoms with Gasteiger partial charge in [0.25, 0.3) is 0 Å². The Morgan fingerprint density at radius 2 is 2.29 bits per heavy atom. The van der Waals surface area contributed by atoms with Crippen molar-refractivity contribution in [2.45, 2.75) is 23.8 Å². The maximum absolute atomic E-state index is 11.9. The van der Waals surface area contributed by atoms with Crippen LogP contribution in [0.4, 0.5) is 16.2 Å². The monoisotopic (exact) mass is 306 g/mol. The van der Waals surface area contributed by atoms with E-state index in [0.717, 1.165) is 16.9 Å². The third-order valence-electron chi connectivity index (χ3n) is 3.39. The normalized spacial score (nSPS) is 20.8. The van der Waals surface area contributed by atoms with Crippen LogP contribution >= 0.6 is 11.8 Å². The molecule has 2 heterocycles. The molecule has 0 radical (unpaired) electrons. The summed E-state index contributed by atoms with van der Waals surface area (Å²) in [6.45, 7) is 0.423. The Hall–Kier alpha value is -2.02. The summed E-state index contributed by atoms with van der Waals surface area (Å²) in [7, 11) is 0. The Bertz CT molecular complexity index is 605. The Morgan fingerprint density at radius 1 is 1.43 bits per heavy atom. The van der Waals surface area contributed by atoms with Gasteiger partial charge in [0.05, 0.1) is 18.0 Å². The summed E-state index contributed by atoms with van der Waals surface area (Å²) in [4.78, 5) is 36.2. The molecule has 1 N–H and O–H groups in total. The Labute approximate surface area is 125 Å². The van der Waals surface area contributed by atoms with Crippen molar-refractivity contribution in [3.8, 4) is 0 Å². The van der Waals surface area contributed by atoms with Crippen LogP contribution < -0.4 is 10.2 Å². The number of carbonyl (C=O) groups excluding carboxylic acids is 3. The predicted octanol–water partition coefficient (Wildman–Crippen LogP) is 2.04. The quantitative estimate of drug-likeness (QED) is 0.861. The minimum atomic E-state index is -0.416. The average Bonchev–Trinajstić information content (AvgIpc) is 2.85. The van der Waals surface area contributed by atoms with Gasteiger partial charge >= 0.3 is 6.09 Å². The van der Waals surface area contributed by atoms with Crippen LogP contribution in [0.25, 0.3) is 0 Å². The number of nitrogens with one attached hydrogen (secondary N) is 1. The number of fused-ring (bicyclic) bond motifs is 1. The van der Waals surface area contributed by atoms with Crippen LogP contribution in [0.5, 0.6) is 0 Å². The molecule has 0 spiro atoms. The molecule has 0 unspecified atom stereocenters. The van der Waals surface area contributed by atoms with Gasteiger partial charge in [-0.05, 0) is 24.6 Å². The van der Waals surface area contributed by atoms with E-state index in [2.05, 4.69) is 5.32 Å². The molecule has 0 aliphatic carbocycles. The molecule has 1 atom stereocenters. The summed E-state index contributed by atoms with van der Waals surface area (Å²) in [6, 6.07) is 5.51. The molecule has 2 aliphatic rings. The fraction of sp³-hybridized carbons (Fsp3) is 0.357. The summed E-state index contributed by atoms with van der Waals surface area (Å²) in [6.07, 6.45) is 1.05. The first-order valence-corrected chi connectivity index (χ1v) is 7.64. The number of amides is 2. The number of thioether (sulfide) groups is 1. The Morgan fingerprint density at radius 3 is 3.10 bits per heavy atom. The smallest absolute Gasteiger partial charge is 0.414 e. The van der Waals surface area contributed by atoms with Crippen molar-refractivity contribution in [1.82, 2.24) is 0 Å². The molecule has 110 valence electrons. The summed E-state index contributed by atoms with van der Waals surface area (Å²) in [5.74, 6) is 0.365. The SMILES string of the molecule is O=CCC[C@H]1CN(c2ccc3c(c2)NC(=O)CS3)C(=O)O1. The molecule has 7 heteroatoms. The molecule has 6 nitrogen and oxygen atoms in total. The molecule has 0 saturated carbocycles. The summed E-state index contributed by atoms with van der Waals surface area (Å²) in [5.41, 5.74) is 1.41. The van der Waals surface area contributed by atoms with E-state index in [1.165, 1.54) is 16.7 Å². The number of hydrogen-bond donors (Lipinski definition) is 1.